The number of benzene rings is 2. The number of fused-ring (bicyclic) bond motifs is 1. The van der Waals surface area contributed by atoms with Crippen molar-refractivity contribution >= 4 is 5.91 Å². The largest absolute Gasteiger partial charge is 0.394 e. The highest BCUT2D eigenvalue weighted by Gasteiger charge is 2.38. The lowest BCUT2D eigenvalue weighted by Gasteiger charge is -2.31. The first-order chi connectivity index (χ1) is 9.74. The van der Waals surface area contributed by atoms with Gasteiger partial charge in [0.25, 0.3) is 5.91 Å². The summed E-state index contributed by atoms with van der Waals surface area (Å²) in [5, 5.41) is 9.76. The number of aliphatic hydroxyl groups is 1. The number of aliphatic hydroxyl groups excluding tert-OH is 1. The van der Waals surface area contributed by atoms with Gasteiger partial charge in [-0.05, 0) is 24.1 Å². The van der Waals surface area contributed by atoms with Crippen LogP contribution < -0.4 is 0 Å². The highest BCUT2D eigenvalue weighted by Crippen LogP contribution is 2.39. The summed E-state index contributed by atoms with van der Waals surface area (Å²) in [7, 11) is 0. The van der Waals surface area contributed by atoms with Gasteiger partial charge in [0.05, 0.1) is 18.7 Å². The fraction of sp³-hybridized carbons (Fsp3) is 0.235. The first-order valence-electron chi connectivity index (χ1n) is 6.81. The average molecular weight is 267 g/mol. The van der Waals surface area contributed by atoms with Crippen molar-refractivity contribution in [2.75, 3.05) is 6.61 Å². The Morgan fingerprint density at radius 2 is 1.75 bits per heavy atom. The molecule has 0 aromatic heterocycles. The molecule has 0 radical (unpaired) electrons. The molecule has 102 valence electrons. The summed E-state index contributed by atoms with van der Waals surface area (Å²) >= 11 is 0. The molecular weight excluding hydrogens is 250 g/mol. The molecule has 20 heavy (non-hydrogen) atoms. The summed E-state index contributed by atoms with van der Waals surface area (Å²) in [6, 6.07) is 17.0. The molecule has 0 spiro atoms. The Kier molecular flexibility index (Phi) is 3.28. The Balaban J connectivity index is 2.01. The molecule has 1 aliphatic rings. The standard InChI is InChI=1S/C17H17NO2/c1-12-14-9-5-6-10-15(14)17(20)18(12)16(11-19)13-7-3-2-4-8-13/h2-10,12,16,19H,11H2,1H3/t12-,16+/m1/s1. The van der Waals surface area contributed by atoms with Gasteiger partial charge in [0.1, 0.15) is 0 Å². The zero-order valence-corrected chi connectivity index (χ0v) is 11.4. The number of carbonyl (C=O) groups is 1. The lowest BCUT2D eigenvalue weighted by atomic mass is 10.0. The Morgan fingerprint density at radius 1 is 1.10 bits per heavy atom. The van der Waals surface area contributed by atoms with Gasteiger partial charge in [-0.1, -0.05) is 48.5 Å². The van der Waals surface area contributed by atoms with Crippen molar-refractivity contribution in [2.45, 2.75) is 19.0 Å². The molecular formula is C17H17NO2. The van der Waals surface area contributed by atoms with Crippen LogP contribution in [0.4, 0.5) is 0 Å². The molecule has 1 heterocycles. The van der Waals surface area contributed by atoms with Crippen LogP contribution in [-0.2, 0) is 0 Å². The van der Waals surface area contributed by atoms with Crippen molar-refractivity contribution in [1.82, 2.24) is 4.90 Å². The number of carbonyl (C=O) groups excluding carboxylic acids is 1. The Morgan fingerprint density at radius 3 is 2.40 bits per heavy atom. The maximum Gasteiger partial charge on any atom is 0.255 e. The van der Waals surface area contributed by atoms with Crippen LogP contribution in [0.25, 0.3) is 0 Å². The number of hydrogen-bond donors (Lipinski definition) is 1. The molecule has 1 N–H and O–H groups in total. The maximum absolute atomic E-state index is 12.6. The predicted molar refractivity (Wildman–Crippen MR) is 77.3 cm³/mol. The van der Waals surface area contributed by atoms with Gasteiger partial charge in [-0.2, -0.15) is 0 Å². The van der Waals surface area contributed by atoms with Crippen LogP contribution in [0, 0.1) is 0 Å². The van der Waals surface area contributed by atoms with E-state index in [2.05, 4.69) is 0 Å². The van der Waals surface area contributed by atoms with Crippen LogP contribution >= 0.6 is 0 Å². The lowest BCUT2D eigenvalue weighted by Crippen LogP contribution is -2.33. The summed E-state index contributed by atoms with van der Waals surface area (Å²) in [6.07, 6.45) is 0. The molecule has 0 saturated heterocycles. The van der Waals surface area contributed by atoms with Crippen LogP contribution in [0.1, 0.15) is 40.5 Å². The van der Waals surface area contributed by atoms with Crippen LogP contribution in [0.2, 0.25) is 0 Å². The van der Waals surface area contributed by atoms with Crippen LogP contribution in [0.3, 0.4) is 0 Å². The molecule has 0 aliphatic carbocycles. The van der Waals surface area contributed by atoms with E-state index < -0.39 is 0 Å². The third kappa shape index (κ3) is 1.91. The van der Waals surface area contributed by atoms with Crippen LogP contribution in [0.5, 0.6) is 0 Å². The minimum absolute atomic E-state index is 0.00370. The van der Waals surface area contributed by atoms with Gasteiger partial charge in [-0.15, -0.1) is 0 Å². The number of rotatable bonds is 3. The third-order valence-electron chi connectivity index (χ3n) is 3.99. The van der Waals surface area contributed by atoms with Gasteiger partial charge in [0.2, 0.25) is 0 Å². The predicted octanol–water partition coefficient (Wildman–Crippen LogP) is 2.94. The highest BCUT2D eigenvalue weighted by molar-refractivity contribution is 5.99. The van der Waals surface area contributed by atoms with Crippen LogP contribution in [0.15, 0.2) is 54.6 Å². The molecule has 1 aliphatic heterocycles. The Hall–Kier alpha value is -2.13. The summed E-state index contributed by atoms with van der Waals surface area (Å²) in [5.74, 6) is -0.00370. The van der Waals surface area contributed by atoms with Gasteiger partial charge in [0.15, 0.2) is 0 Å². The Labute approximate surface area is 118 Å². The molecule has 2 aromatic carbocycles. The maximum atomic E-state index is 12.6. The fourth-order valence-corrected chi connectivity index (χ4v) is 2.96. The minimum Gasteiger partial charge on any atom is -0.394 e. The van der Waals surface area contributed by atoms with E-state index in [4.69, 9.17) is 0 Å². The van der Waals surface area contributed by atoms with Crippen molar-refractivity contribution in [3.8, 4) is 0 Å². The van der Waals surface area contributed by atoms with E-state index in [1.165, 1.54) is 0 Å². The van der Waals surface area contributed by atoms with E-state index in [1.807, 2.05) is 61.5 Å². The second kappa shape index (κ2) is 5.10. The van der Waals surface area contributed by atoms with E-state index in [0.717, 1.165) is 16.7 Å². The number of hydrogen-bond acceptors (Lipinski definition) is 2. The van der Waals surface area contributed by atoms with Crippen molar-refractivity contribution in [3.05, 3.63) is 71.3 Å². The third-order valence-corrected chi connectivity index (χ3v) is 3.99. The summed E-state index contributed by atoms with van der Waals surface area (Å²) in [4.78, 5) is 14.4. The SMILES string of the molecule is C[C@@H]1c2ccccc2C(=O)N1[C@@H](CO)c1ccccc1. The van der Waals surface area contributed by atoms with Crippen molar-refractivity contribution in [3.63, 3.8) is 0 Å². The molecule has 0 bridgehead atoms. The van der Waals surface area contributed by atoms with E-state index >= 15 is 0 Å². The number of amides is 1. The van der Waals surface area contributed by atoms with Crippen molar-refractivity contribution in [1.29, 1.82) is 0 Å². The molecule has 3 nitrogen and oxygen atoms in total. The zero-order valence-electron chi connectivity index (χ0n) is 11.4. The van der Waals surface area contributed by atoms with Gasteiger partial charge in [-0.25, -0.2) is 0 Å². The van der Waals surface area contributed by atoms with Crippen LogP contribution in [-0.4, -0.2) is 22.5 Å². The molecule has 2 aromatic rings. The van der Waals surface area contributed by atoms with Gasteiger partial charge >= 0.3 is 0 Å². The van der Waals surface area contributed by atoms with E-state index in [1.54, 1.807) is 4.90 Å². The summed E-state index contributed by atoms with van der Waals surface area (Å²) in [6.45, 7) is 1.93. The molecule has 0 fully saturated rings. The normalized spacial score (nSPS) is 19.0. The van der Waals surface area contributed by atoms with Gasteiger partial charge < -0.3 is 10.0 Å². The molecule has 3 rings (SSSR count). The molecule has 0 saturated carbocycles. The lowest BCUT2D eigenvalue weighted by molar-refractivity contribution is 0.0540. The summed E-state index contributed by atoms with van der Waals surface area (Å²) < 4.78 is 0. The summed E-state index contributed by atoms with van der Waals surface area (Å²) in [5.41, 5.74) is 2.74. The molecule has 2 atom stereocenters. The Bertz CT molecular complexity index is 624. The van der Waals surface area contributed by atoms with Gasteiger partial charge in [0, 0.05) is 5.56 Å². The van der Waals surface area contributed by atoms with E-state index in [0.29, 0.717) is 0 Å². The second-order valence-corrected chi connectivity index (χ2v) is 5.08. The molecule has 1 amide bonds. The minimum atomic E-state index is -0.300. The fourth-order valence-electron chi connectivity index (χ4n) is 2.96. The first-order valence-corrected chi connectivity index (χ1v) is 6.81. The highest BCUT2D eigenvalue weighted by atomic mass is 16.3. The topological polar surface area (TPSA) is 40.5 Å². The van der Waals surface area contributed by atoms with Gasteiger partial charge in [-0.3, -0.25) is 4.79 Å². The zero-order chi connectivity index (χ0) is 14.1. The average Bonchev–Trinajstić information content (AvgIpc) is 2.75. The second-order valence-electron chi connectivity index (χ2n) is 5.08. The number of nitrogens with zero attached hydrogens (tertiary/aromatic N) is 1. The quantitative estimate of drug-likeness (QED) is 0.928. The van der Waals surface area contributed by atoms with Crippen molar-refractivity contribution < 1.29 is 9.90 Å². The monoisotopic (exact) mass is 267 g/mol. The smallest absolute Gasteiger partial charge is 0.255 e. The first kappa shape index (κ1) is 12.9. The molecule has 3 heteroatoms. The van der Waals surface area contributed by atoms with Crippen molar-refractivity contribution in [2.24, 2.45) is 0 Å². The van der Waals surface area contributed by atoms with E-state index in [9.17, 15) is 9.90 Å². The van der Waals surface area contributed by atoms with E-state index in [-0.39, 0.29) is 24.6 Å². The molecule has 0 unspecified atom stereocenters.